The van der Waals surface area contributed by atoms with E-state index in [-0.39, 0.29) is 10.0 Å². The fourth-order valence-corrected chi connectivity index (χ4v) is 2.56. The summed E-state index contributed by atoms with van der Waals surface area (Å²) in [7, 11) is 0. The first-order chi connectivity index (χ1) is 9.63. The molecule has 3 aromatic rings. The van der Waals surface area contributed by atoms with Gasteiger partial charge in [0, 0.05) is 12.4 Å². The number of imidazole rings is 1. The number of hydrogen-bond acceptors (Lipinski definition) is 2. The maximum Gasteiger partial charge on any atom is 0.137 e. The first-order valence-electron chi connectivity index (χ1n) is 5.94. The Hall–Kier alpha value is -1.78. The molecule has 2 heterocycles. The van der Waals surface area contributed by atoms with Gasteiger partial charge < -0.3 is 9.72 Å². The van der Waals surface area contributed by atoms with Crippen molar-refractivity contribution >= 4 is 34.5 Å². The lowest BCUT2D eigenvalue weighted by Crippen LogP contribution is -2.01. The fraction of sp³-hybridized carbons (Fsp3) is 0.0714. The van der Waals surface area contributed by atoms with E-state index in [2.05, 4.69) is 10.3 Å². The van der Waals surface area contributed by atoms with Gasteiger partial charge in [0.15, 0.2) is 0 Å². The predicted octanol–water partition coefficient (Wildman–Crippen LogP) is 4.39. The van der Waals surface area contributed by atoms with Crippen LogP contribution >= 0.6 is 23.2 Å². The molecule has 3 nitrogen and oxygen atoms in total. The zero-order valence-corrected chi connectivity index (χ0v) is 11.8. The van der Waals surface area contributed by atoms with Crippen LogP contribution in [-0.2, 0) is 6.54 Å². The van der Waals surface area contributed by atoms with Gasteiger partial charge in [0.25, 0.3) is 0 Å². The molecule has 20 heavy (non-hydrogen) atoms. The molecule has 0 amide bonds. The molecule has 0 aliphatic heterocycles. The average Bonchev–Trinajstić information content (AvgIpc) is 2.80. The number of rotatable bonds is 3. The fourth-order valence-electron chi connectivity index (χ4n) is 1.96. The molecule has 2 aromatic heterocycles. The van der Waals surface area contributed by atoms with Gasteiger partial charge in [0.05, 0.1) is 28.0 Å². The molecule has 102 valence electrons. The Bertz CT molecular complexity index is 714. The van der Waals surface area contributed by atoms with E-state index in [1.807, 2.05) is 35.0 Å². The summed E-state index contributed by atoms with van der Waals surface area (Å²) in [5.74, 6) is -0.460. The average molecular weight is 310 g/mol. The molecule has 0 saturated carbocycles. The number of benzene rings is 1. The van der Waals surface area contributed by atoms with Crippen molar-refractivity contribution in [3.63, 3.8) is 0 Å². The molecule has 0 spiro atoms. The molecular formula is C14H10Cl2FN3. The molecule has 0 saturated heterocycles. The number of nitrogens with one attached hydrogen (secondary N) is 1. The number of fused-ring (bicyclic) bond motifs is 1. The third-order valence-electron chi connectivity index (χ3n) is 2.87. The molecule has 0 bridgehead atoms. The minimum Gasteiger partial charge on any atom is -0.377 e. The zero-order valence-electron chi connectivity index (χ0n) is 10.3. The third-order valence-corrected chi connectivity index (χ3v) is 3.46. The Morgan fingerprint density at radius 1 is 1.20 bits per heavy atom. The van der Waals surface area contributed by atoms with Crippen molar-refractivity contribution in [2.75, 3.05) is 5.32 Å². The van der Waals surface area contributed by atoms with E-state index in [0.29, 0.717) is 12.2 Å². The number of halogens is 3. The lowest BCUT2D eigenvalue weighted by atomic mass is 10.3. The lowest BCUT2D eigenvalue weighted by Gasteiger charge is -2.09. The van der Waals surface area contributed by atoms with Crippen LogP contribution in [0.5, 0.6) is 0 Å². The van der Waals surface area contributed by atoms with Crippen LogP contribution in [-0.4, -0.2) is 9.38 Å². The second kappa shape index (κ2) is 5.31. The van der Waals surface area contributed by atoms with Gasteiger partial charge in [-0.3, -0.25) is 0 Å². The Labute approximate surface area is 125 Å². The zero-order chi connectivity index (χ0) is 14.1. The van der Waals surface area contributed by atoms with Gasteiger partial charge in [-0.05, 0) is 24.3 Å². The summed E-state index contributed by atoms with van der Waals surface area (Å²) in [6.07, 6.45) is 3.83. The summed E-state index contributed by atoms with van der Waals surface area (Å²) in [6, 6.07) is 8.22. The summed E-state index contributed by atoms with van der Waals surface area (Å²) >= 11 is 11.9. The van der Waals surface area contributed by atoms with Gasteiger partial charge in [-0.1, -0.05) is 29.3 Å². The van der Waals surface area contributed by atoms with E-state index in [1.54, 1.807) is 0 Å². The third kappa shape index (κ3) is 2.57. The van der Waals surface area contributed by atoms with Crippen LogP contribution in [0.3, 0.4) is 0 Å². The summed E-state index contributed by atoms with van der Waals surface area (Å²) < 4.78 is 15.0. The van der Waals surface area contributed by atoms with Gasteiger partial charge in [0.1, 0.15) is 11.5 Å². The minimum atomic E-state index is -0.460. The van der Waals surface area contributed by atoms with Crippen LogP contribution in [0, 0.1) is 5.82 Å². The van der Waals surface area contributed by atoms with E-state index in [4.69, 9.17) is 23.2 Å². The highest BCUT2D eigenvalue weighted by Crippen LogP contribution is 2.31. The lowest BCUT2D eigenvalue weighted by molar-refractivity contribution is 0.628. The molecule has 0 atom stereocenters. The number of hydrogen-bond donors (Lipinski definition) is 1. The highest BCUT2D eigenvalue weighted by atomic mass is 35.5. The number of nitrogens with zero attached hydrogens (tertiary/aromatic N) is 2. The van der Waals surface area contributed by atoms with Crippen LogP contribution in [0.1, 0.15) is 5.69 Å². The van der Waals surface area contributed by atoms with Crippen molar-refractivity contribution in [2.45, 2.75) is 6.54 Å². The van der Waals surface area contributed by atoms with Crippen LogP contribution < -0.4 is 5.32 Å². The smallest absolute Gasteiger partial charge is 0.137 e. The summed E-state index contributed by atoms with van der Waals surface area (Å²) in [5, 5.41) is 3.58. The maximum absolute atomic E-state index is 13.1. The first-order valence-corrected chi connectivity index (χ1v) is 6.70. The van der Waals surface area contributed by atoms with Crippen molar-refractivity contribution in [3.8, 4) is 0 Å². The second-order valence-electron chi connectivity index (χ2n) is 4.30. The molecule has 0 fully saturated rings. The summed E-state index contributed by atoms with van der Waals surface area (Å²) in [5.41, 5.74) is 2.21. The first kappa shape index (κ1) is 13.2. The van der Waals surface area contributed by atoms with E-state index in [9.17, 15) is 4.39 Å². The molecule has 1 aromatic carbocycles. The van der Waals surface area contributed by atoms with Crippen LogP contribution in [0.25, 0.3) is 5.65 Å². The number of anilines is 1. The predicted molar refractivity (Wildman–Crippen MR) is 78.9 cm³/mol. The van der Waals surface area contributed by atoms with Crippen LogP contribution in [0.2, 0.25) is 10.0 Å². The number of aromatic nitrogens is 2. The van der Waals surface area contributed by atoms with Crippen LogP contribution in [0.4, 0.5) is 10.1 Å². The summed E-state index contributed by atoms with van der Waals surface area (Å²) in [4.78, 5) is 4.44. The SMILES string of the molecule is Fc1cc(Cl)c(NCc2cn3ccccc3n2)c(Cl)c1. The largest absolute Gasteiger partial charge is 0.377 e. The van der Waals surface area contributed by atoms with Crippen molar-refractivity contribution in [3.05, 3.63) is 64.3 Å². The molecule has 0 radical (unpaired) electrons. The molecule has 0 aliphatic rings. The van der Waals surface area contributed by atoms with Gasteiger partial charge in [-0.15, -0.1) is 0 Å². The maximum atomic E-state index is 13.1. The van der Waals surface area contributed by atoms with Gasteiger partial charge in [-0.25, -0.2) is 9.37 Å². The quantitative estimate of drug-likeness (QED) is 0.777. The Kier molecular flexibility index (Phi) is 3.51. The highest BCUT2D eigenvalue weighted by Gasteiger charge is 2.09. The van der Waals surface area contributed by atoms with E-state index >= 15 is 0 Å². The van der Waals surface area contributed by atoms with Gasteiger partial charge in [0.2, 0.25) is 0 Å². The van der Waals surface area contributed by atoms with Crippen molar-refractivity contribution < 1.29 is 4.39 Å². The van der Waals surface area contributed by atoms with E-state index in [1.165, 1.54) is 12.1 Å². The number of pyridine rings is 1. The Morgan fingerprint density at radius 2 is 1.95 bits per heavy atom. The van der Waals surface area contributed by atoms with Crippen molar-refractivity contribution in [2.24, 2.45) is 0 Å². The molecule has 0 aliphatic carbocycles. The second-order valence-corrected chi connectivity index (χ2v) is 5.11. The van der Waals surface area contributed by atoms with Crippen LogP contribution in [0.15, 0.2) is 42.7 Å². The normalized spacial score (nSPS) is 10.9. The summed E-state index contributed by atoms with van der Waals surface area (Å²) in [6.45, 7) is 0.451. The molecule has 6 heteroatoms. The van der Waals surface area contributed by atoms with E-state index < -0.39 is 5.82 Å². The molecular weight excluding hydrogens is 300 g/mol. The monoisotopic (exact) mass is 309 g/mol. The Morgan fingerprint density at radius 3 is 2.65 bits per heavy atom. The molecule has 0 unspecified atom stereocenters. The standard InChI is InChI=1S/C14H10Cl2FN3/c15-11-5-9(17)6-12(16)14(11)18-7-10-8-20-4-2-1-3-13(20)19-10/h1-6,8,18H,7H2. The van der Waals surface area contributed by atoms with Gasteiger partial charge in [-0.2, -0.15) is 0 Å². The minimum absolute atomic E-state index is 0.249. The Balaban J connectivity index is 1.83. The van der Waals surface area contributed by atoms with Crippen molar-refractivity contribution in [1.82, 2.24) is 9.38 Å². The topological polar surface area (TPSA) is 29.3 Å². The highest BCUT2D eigenvalue weighted by molar-refractivity contribution is 6.39. The molecule has 1 N–H and O–H groups in total. The van der Waals surface area contributed by atoms with Gasteiger partial charge >= 0.3 is 0 Å². The molecule has 3 rings (SSSR count). The van der Waals surface area contributed by atoms with E-state index in [0.717, 1.165) is 11.3 Å². The van der Waals surface area contributed by atoms with Crippen molar-refractivity contribution in [1.29, 1.82) is 0 Å².